The minimum Gasteiger partial charge on any atom is -0.392 e. The van der Waals surface area contributed by atoms with Crippen molar-refractivity contribution in [3.8, 4) is 0 Å². The maximum absolute atomic E-state index is 10.8. The second kappa shape index (κ2) is 2.84. The van der Waals surface area contributed by atoms with E-state index in [1.165, 1.54) is 6.08 Å². The molecule has 1 aliphatic rings. The van der Waals surface area contributed by atoms with Crippen LogP contribution in [0.25, 0.3) is 0 Å². The lowest BCUT2D eigenvalue weighted by atomic mass is 10.4. The van der Waals surface area contributed by atoms with Crippen LogP contribution in [0, 0.1) is 0 Å². The summed E-state index contributed by atoms with van der Waals surface area (Å²) in [4.78, 5) is 12.4. The van der Waals surface area contributed by atoms with Gasteiger partial charge in [-0.05, 0) is 6.92 Å². The summed E-state index contributed by atoms with van der Waals surface area (Å²) in [5.74, 6) is 0.000833. The van der Waals surface area contributed by atoms with Crippen molar-refractivity contribution in [2.75, 3.05) is 13.1 Å². The van der Waals surface area contributed by atoms with Crippen LogP contribution in [-0.4, -0.2) is 35.1 Å². The molecule has 1 aliphatic heterocycles. The quantitative estimate of drug-likeness (QED) is 0.577. The Balaban J connectivity index is 2.37. The fourth-order valence-electron chi connectivity index (χ4n) is 0.960. The molecule has 0 spiro atoms. The predicted octanol–water partition coefficient (Wildman–Crippen LogP) is -0.234. The summed E-state index contributed by atoms with van der Waals surface area (Å²) >= 11 is 0. The minimum atomic E-state index is -0.427. The Bertz CT molecular complexity index is 163. The van der Waals surface area contributed by atoms with E-state index in [0.29, 0.717) is 13.1 Å². The van der Waals surface area contributed by atoms with Gasteiger partial charge in [-0.3, -0.25) is 4.79 Å². The average molecular weight is 141 g/mol. The molecule has 0 aromatic heterocycles. The predicted molar refractivity (Wildman–Crippen MR) is 37.4 cm³/mol. The topological polar surface area (TPSA) is 40.5 Å². The first kappa shape index (κ1) is 7.28. The summed E-state index contributed by atoms with van der Waals surface area (Å²) in [6, 6.07) is 0. The maximum Gasteiger partial charge on any atom is 0.246 e. The molecule has 56 valence electrons. The lowest BCUT2D eigenvalue weighted by Gasteiger charge is -2.16. The fraction of sp³-hybridized carbons (Fsp3) is 0.571. The van der Waals surface area contributed by atoms with E-state index in [-0.39, 0.29) is 5.91 Å². The molecule has 0 aromatic rings. The van der Waals surface area contributed by atoms with Crippen molar-refractivity contribution in [1.82, 2.24) is 4.90 Å². The zero-order valence-electron chi connectivity index (χ0n) is 5.95. The molecule has 1 amide bonds. The molecule has 0 bridgehead atoms. The highest BCUT2D eigenvalue weighted by Gasteiger charge is 2.15. The Morgan fingerprint density at radius 3 is 3.00 bits per heavy atom. The molecule has 0 radical (unpaired) electrons. The number of aliphatic hydroxyl groups excluding tert-OH is 1. The first-order valence-corrected chi connectivity index (χ1v) is 3.33. The molecule has 0 fully saturated rings. The van der Waals surface area contributed by atoms with E-state index in [2.05, 4.69) is 0 Å². The molecular weight excluding hydrogens is 130 g/mol. The van der Waals surface area contributed by atoms with E-state index >= 15 is 0 Å². The molecule has 0 saturated carbocycles. The molecular formula is C7H11NO2. The normalized spacial score (nSPS) is 20.2. The Morgan fingerprint density at radius 2 is 2.60 bits per heavy atom. The van der Waals surface area contributed by atoms with Crippen LogP contribution in [0.3, 0.4) is 0 Å². The summed E-state index contributed by atoms with van der Waals surface area (Å²) in [6.07, 6.45) is 2.90. The fourth-order valence-corrected chi connectivity index (χ4v) is 0.960. The summed E-state index contributed by atoms with van der Waals surface area (Å²) in [6.45, 7) is 2.75. The second-order valence-electron chi connectivity index (χ2n) is 2.49. The first-order chi connectivity index (χ1) is 4.70. The van der Waals surface area contributed by atoms with Crippen LogP contribution < -0.4 is 0 Å². The highest BCUT2D eigenvalue weighted by Crippen LogP contribution is 2.01. The third kappa shape index (κ3) is 1.57. The average Bonchev–Trinajstić information content (AvgIpc) is 2.15. The third-order valence-corrected chi connectivity index (χ3v) is 1.38. The number of aliphatic hydroxyl groups is 1. The number of amides is 1. The smallest absolute Gasteiger partial charge is 0.246 e. The standard InChI is InChI=1S/C7H11NO2/c1-6(9)5-8-4-2-3-7(8)10/h2-3,6,9H,4-5H2,1H3. The summed E-state index contributed by atoms with van der Waals surface area (Å²) in [5.41, 5.74) is 0. The molecule has 3 nitrogen and oxygen atoms in total. The number of nitrogens with zero attached hydrogens (tertiary/aromatic N) is 1. The highest BCUT2D eigenvalue weighted by atomic mass is 16.3. The van der Waals surface area contributed by atoms with Crippen molar-refractivity contribution < 1.29 is 9.90 Å². The number of hydrogen-bond donors (Lipinski definition) is 1. The Labute approximate surface area is 59.9 Å². The van der Waals surface area contributed by atoms with Gasteiger partial charge in [0, 0.05) is 19.2 Å². The third-order valence-electron chi connectivity index (χ3n) is 1.38. The van der Waals surface area contributed by atoms with Gasteiger partial charge in [0.25, 0.3) is 0 Å². The van der Waals surface area contributed by atoms with Gasteiger partial charge in [0.15, 0.2) is 0 Å². The molecule has 1 N–H and O–H groups in total. The zero-order chi connectivity index (χ0) is 7.56. The van der Waals surface area contributed by atoms with Gasteiger partial charge >= 0.3 is 0 Å². The van der Waals surface area contributed by atoms with Gasteiger partial charge in [-0.15, -0.1) is 0 Å². The van der Waals surface area contributed by atoms with Gasteiger partial charge in [-0.2, -0.15) is 0 Å². The van der Waals surface area contributed by atoms with E-state index in [1.807, 2.05) is 0 Å². The number of carbonyl (C=O) groups excluding carboxylic acids is 1. The monoisotopic (exact) mass is 141 g/mol. The van der Waals surface area contributed by atoms with Crippen molar-refractivity contribution >= 4 is 5.91 Å². The van der Waals surface area contributed by atoms with Gasteiger partial charge in [-0.25, -0.2) is 0 Å². The molecule has 0 aromatic carbocycles. The zero-order valence-corrected chi connectivity index (χ0v) is 5.95. The molecule has 10 heavy (non-hydrogen) atoms. The lowest BCUT2D eigenvalue weighted by Crippen LogP contribution is -2.32. The van der Waals surface area contributed by atoms with Gasteiger partial charge in [0.05, 0.1) is 6.10 Å². The SMILES string of the molecule is CC(O)CN1CC=CC1=O. The molecule has 1 rings (SSSR count). The number of β-amino-alcohol motifs (C(OH)–C–C–N with tert-alkyl or cyclic N) is 1. The van der Waals surface area contributed by atoms with Crippen LogP contribution in [-0.2, 0) is 4.79 Å². The number of carbonyl (C=O) groups is 1. The second-order valence-corrected chi connectivity index (χ2v) is 2.49. The molecule has 1 heterocycles. The Morgan fingerprint density at radius 1 is 1.90 bits per heavy atom. The van der Waals surface area contributed by atoms with Crippen molar-refractivity contribution in [3.63, 3.8) is 0 Å². The largest absolute Gasteiger partial charge is 0.392 e. The maximum atomic E-state index is 10.8. The van der Waals surface area contributed by atoms with E-state index in [4.69, 9.17) is 5.11 Å². The van der Waals surface area contributed by atoms with Gasteiger partial charge < -0.3 is 10.0 Å². The molecule has 1 atom stereocenters. The number of hydrogen-bond acceptors (Lipinski definition) is 2. The van der Waals surface area contributed by atoms with Crippen LogP contribution in [0.1, 0.15) is 6.92 Å². The van der Waals surface area contributed by atoms with Crippen LogP contribution in [0.4, 0.5) is 0 Å². The van der Waals surface area contributed by atoms with E-state index in [9.17, 15) is 4.79 Å². The van der Waals surface area contributed by atoms with Crippen molar-refractivity contribution in [2.45, 2.75) is 13.0 Å². The number of rotatable bonds is 2. The van der Waals surface area contributed by atoms with Crippen molar-refractivity contribution in [2.24, 2.45) is 0 Å². The van der Waals surface area contributed by atoms with Gasteiger partial charge in [-0.1, -0.05) is 6.08 Å². The van der Waals surface area contributed by atoms with Crippen LogP contribution >= 0.6 is 0 Å². The lowest BCUT2D eigenvalue weighted by molar-refractivity contribution is -0.125. The van der Waals surface area contributed by atoms with Gasteiger partial charge in [0.2, 0.25) is 5.91 Å². The first-order valence-electron chi connectivity index (χ1n) is 3.33. The van der Waals surface area contributed by atoms with E-state index < -0.39 is 6.10 Å². The highest BCUT2D eigenvalue weighted by molar-refractivity contribution is 5.89. The van der Waals surface area contributed by atoms with Crippen molar-refractivity contribution in [3.05, 3.63) is 12.2 Å². The minimum absolute atomic E-state index is 0.000833. The van der Waals surface area contributed by atoms with E-state index in [0.717, 1.165) is 0 Å². The molecule has 0 aliphatic carbocycles. The van der Waals surface area contributed by atoms with Gasteiger partial charge in [0.1, 0.15) is 0 Å². The molecule has 3 heteroatoms. The summed E-state index contributed by atoms with van der Waals surface area (Å²) < 4.78 is 0. The van der Waals surface area contributed by atoms with Crippen LogP contribution in [0.15, 0.2) is 12.2 Å². The van der Waals surface area contributed by atoms with E-state index in [1.54, 1.807) is 17.9 Å². The van der Waals surface area contributed by atoms with Crippen molar-refractivity contribution in [1.29, 1.82) is 0 Å². The summed E-state index contributed by atoms with van der Waals surface area (Å²) in [5, 5.41) is 8.91. The Kier molecular flexibility index (Phi) is 2.06. The van der Waals surface area contributed by atoms with Crippen LogP contribution in [0.2, 0.25) is 0 Å². The molecule has 0 saturated heterocycles. The summed E-state index contributed by atoms with van der Waals surface area (Å²) in [7, 11) is 0. The Hall–Kier alpha value is -0.830. The molecule has 1 unspecified atom stereocenters. The van der Waals surface area contributed by atoms with Crippen LogP contribution in [0.5, 0.6) is 0 Å².